The summed E-state index contributed by atoms with van der Waals surface area (Å²) in [6.45, 7) is 6.76. The first-order valence-electron chi connectivity index (χ1n) is 10.1. The Hall–Kier alpha value is -3.48. The van der Waals surface area contributed by atoms with Crippen LogP contribution < -0.4 is 19.5 Å². The number of hydrogen-bond donors (Lipinski definition) is 1. The highest BCUT2D eigenvalue weighted by Gasteiger charge is 2.20. The number of benzene rings is 2. The SMILES string of the molecule is CCN(CC)C(=O)/C(=C/c1cc(OC)c(OC)c(OC)c1)NC(=O)c1ccc(C)cc1. The molecule has 0 saturated carbocycles. The van der Waals surface area contributed by atoms with Crippen LogP contribution in [0.5, 0.6) is 17.2 Å². The largest absolute Gasteiger partial charge is 0.493 e. The lowest BCUT2D eigenvalue weighted by molar-refractivity contribution is -0.127. The van der Waals surface area contributed by atoms with Crippen molar-refractivity contribution in [2.24, 2.45) is 0 Å². The van der Waals surface area contributed by atoms with Crippen molar-refractivity contribution in [3.63, 3.8) is 0 Å². The van der Waals surface area contributed by atoms with Crippen molar-refractivity contribution in [2.75, 3.05) is 34.4 Å². The van der Waals surface area contributed by atoms with Gasteiger partial charge in [0.2, 0.25) is 5.75 Å². The van der Waals surface area contributed by atoms with Crippen molar-refractivity contribution in [1.29, 1.82) is 0 Å². The Kier molecular flexibility index (Phi) is 8.49. The summed E-state index contributed by atoms with van der Waals surface area (Å²) in [6.07, 6.45) is 1.61. The van der Waals surface area contributed by atoms with Gasteiger partial charge >= 0.3 is 0 Å². The normalized spacial score (nSPS) is 11.0. The molecule has 0 spiro atoms. The van der Waals surface area contributed by atoms with Crippen molar-refractivity contribution in [3.05, 3.63) is 58.8 Å². The second-order valence-electron chi connectivity index (χ2n) is 6.81. The average molecular weight is 427 g/mol. The first-order valence-corrected chi connectivity index (χ1v) is 10.1. The van der Waals surface area contributed by atoms with Gasteiger partial charge in [-0.15, -0.1) is 0 Å². The number of aryl methyl sites for hydroxylation is 1. The molecule has 0 fully saturated rings. The van der Waals surface area contributed by atoms with Crippen LogP contribution in [0, 0.1) is 6.92 Å². The fourth-order valence-corrected chi connectivity index (χ4v) is 3.08. The third kappa shape index (κ3) is 5.78. The second kappa shape index (κ2) is 11.1. The average Bonchev–Trinajstić information content (AvgIpc) is 2.78. The Bertz CT molecular complexity index is 922. The minimum Gasteiger partial charge on any atom is -0.493 e. The molecule has 0 bridgehead atoms. The number of nitrogens with zero attached hydrogens (tertiary/aromatic N) is 1. The number of ether oxygens (including phenoxy) is 3. The second-order valence-corrected chi connectivity index (χ2v) is 6.81. The molecule has 2 amide bonds. The van der Waals surface area contributed by atoms with Gasteiger partial charge in [0.15, 0.2) is 11.5 Å². The third-order valence-corrected chi connectivity index (χ3v) is 4.84. The van der Waals surface area contributed by atoms with Crippen molar-refractivity contribution in [2.45, 2.75) is 20.8 Å². The van der Waals surface area contributed by atoms with Gasteiger partial charge in [-0.25, -0.2) is 0 Å². The zero-order valence-electron chi connectivity index (χ0n) is 18.9. The Morgan fingerprint density at radius 1 is 0.935 bits per heavy atom. The number of carbonyl (C=O) groups excluding carboxylic acids is 2. The first-order chi connectivity index (χ1) is 14.9. The summed E-state index contributed by atoms with van der Waals surface area (Å²) in [5.41, 5.74) is 2.29. The number of nitrogens with one attached hydrogen (secondary N) is 1. The highest BCUT2D eigenvalue weighted by molar-refractivity contribution is 6.05. The first kappa shape index (κ1) is 23.8. The molecule has 0 aliphatic carbocycles. The van der Waals surface area contributed by atoms with Crippen LogP contribution in [0.2, 0.25) is 0 Å². The lowest BCUT2D eigenvalue weighted by atomic mass is 10.1. The van der Waals surface area contributed by atoms with Gasteiger partial charge in [0.25, 0.3) is 11.8 Å². The summed E-state index contributed by atoms with van der Waals surface area (Å²) in [7, 11) is 4.56. The number of likely N-dealkylation sites (N-methyl/N-ethyl adjacent to an activating group) is 1. The molecule has 0 atom stereocenters. The zero-order valence-corrected chi connectivity index (χ0v) is 18.9. The van der Waals surface area contributed by atoms with E-state index in [0.717, 1.165) is 5.56 Å². The van der Waals surface area contributed by atoms with Crippen LogP contribution in [-0.2, 0) is 4.79 Å². The van der Waals surface area contributed by atoms with Crippen molar-refractivity contribution < 1.29 is 23.8 Å². The van der Waals surface area contributed by atoms with Gasteiger partial charge in [-0.1, -0.05) is 17.7 Å². The predicted octanol–water partition coefficient (Wildman–Crippen LogP) is 3.66. The Morgan fingerprint density at radius 2 is 1.48 bits per heavy atom. The maximum absolute atomic E-state index is 13.1. The van der Waals surface area contributed by atoms with Gasteiger partial charge in [-0.2, -0.15) is 0 Å². The Labute approximate surface area is 183 Å². The highest BCUT2D eigenvalue weighted by atomic mass is 16.5. The molecule has 0 saturated heterocycles. The molecule has 2 aromatic carbocycles. The number of methoxy groups -OCH3 is 3. The maximum atomic E-state index is 13.1. The Balaban J connectivity index is 2.51. The van der Waals surface area contributed by atoms with E-state index in [4.69, 9.17) is 14.2 Å². The smallest absolute Gasteiger partial charge is 0.270 e. The van der Waals surface area contributed by atoms with Crippen LogP contribution in [0.25, 0.3) is 6.08 Å². The highest BCUT2D eigenvalue weighted by Crippen LogP contribution is 2.38. The Morgan fingerprint density at radius 3 is 1.94 bits per heavy atom. The molecule has 0 heterocycles. The van der Waals surface area contributed by atoms with Gasteiger partial charge in [0.05, 0.1) is 21.3 Å². The fraction of sp³-hybridized carbons (Fsp3) is 0.333. The van der Waals surface area contributed by atoms with Gasteiger partial charge in [0.1, 0.15) is 5.70 Å². The standard InChI is InChI=1S/C24H30N2O5/c1-7-26(8-2)24(28)19(25-23(27)18-11-9-16(3)10-12-18)13-17-14-20(29-4)22(31-6)21(15-17)30-5/h9-15H,7-8H2,1-6H3,(H,25,27)/b19-13-. The van der Waals surface area contributed by atoms with Crippen LogP contribution >= 0.6 is 0 Å². The minimum atomic E-state index is -0.362. The molecular weight excluding hydrogens is 396 g/mol. The summed E-state index contributed by atoms with van der Waals surface area (Å²) in [4.78, 5) is 27.6. The van der Waals surface area contributed by atoms with Crippen LogP contribution in [0.4, 0.5) is 0 Å². The summed E-state index contributed by atoms with van der Waals surface area (Å²) >= 11 is 0. The molecule has 2 rings (SSSR count). The molecule has 2 aromatic rings. The minimum absolute atomic E-state index is 0.156. The van der Waals surface area contributed by atoms with E-state index in [1.807, 2.05) is 32.9 Å². The quantitative estimate of drug-likeness (QED) is 0.619. The predicted molar refractivity (Wildman–Crippen MR) is 121 cm³/mol. The third-order valence-electron chi connectivity index (χ3n) is 4.84. The monoisotopic (exact) mass is 426 g/mol. The van der Waals surface area contributed by atoms with Crippen molar-refractivity contribution >= 4 is 17.9 Å². The fourth-order valence-electron chi connectivity index (χ4n) is 3.08. The number of rotatable bonds is 9. The van der Waals surface area contributed by atoms with E-state index in [-0.39, 0.29) is 17.5 Å². The molecule has 0 aromatic heterocycles. The summed E-state index contributed by atoms with van der Waals surface area (Å²) in [5, 5.41) is 2.77. The van der Waals surface area contributed by atoms with E-state index in [2.05, 4.69) is 5.32 Å². The van der Waals surface area contributed by atoms with Gasteiger partial charge < -0.3 is 24.4 Å². The summed E-state index contributed by atoms with van der Waals surface area (Å²) in [5.74, 6) is 0.709. The molecule has 0 unspecified atom stereocenters. The van der Waals surface area contributed by atoms with Crippen LogP contribution in [-0.4, -0.2) is 51.1 Å². The van der Waals surface area contributed by atoms with E-state index in [0.29, 0.717) is 41.5 Å². The van der Waals surface area contributed by atoms with Crippen molar-refractivity contribution in [1.82, 2.24) is 10.2 Å². The molecular formula is C24H30N2O5. The van der Waals surface area contributed by atoms with Crippen molar-refractivity contribution in [3.8, 4) is 17.2 Å². The summed E-state index contributed by atoms with van der Waals surface area (Å²) < 4.78 is 16.1. The van der Waals surface area contributed by atoms with Crippen LogP contribution in [0.3, 0.4) is 0 Å². The summed E-state index contributed by atoms with van der Waals surface area (Å²) in [6, 6.07) is 10.6. The number of amides is 2. The van der Waals surface area contributed by atoms with E-state index in [1.165, 1.54) is 21.3 Å². The van der Waals surface area contributed by atoms with E-state index in [1.54, 1.807) is 35.2 Å². The topological polar surface area (TPSA) is 77.1 Å². The number of hydrogen-bond acceptors (Lipinski definition) is 5. The lowest BCUT2D eigenvalue weighted by Crippen LogP contribution is -2.38. The van der Waals surface area contributed by atoms with Gasteiger partial charge in [-0.05, 0) is 56.7 Å². The lowest BCUT2D eigenvalue weighted by Gasteiger charge is -2.21. The molecule has 0 radical (unpaired) electrons. The molecule has 7 nitrogen and oxygen atoms in total. The zero-order chi connectivity index (χ0) is 23.0. The molecule has 0 aliphatic heterocycles. The van der Waals surface area contributed by atoms with E-state index < -0.39 is 0 Å². The molecule has 7 heteroatoms. The van der Waals surface area contributed by atoms with E-state index in [9.17, 15) is 9.59 Å². The number of carbonyl (C=O) groups is 2. The molecule has 1 N–H and O–H groups in total. The van der Waals surface area contributed by atoms with Gasteiger partial charge in [-0.3, -0.25) is 9.59 Å². The van der Waals surface area contributed by atoms with E-state index >= 15 is 0 Å². The molecule has 0 aliphatic rings. The molecule has 31 heavy (non-hydrogen) atoms. The maximum Gasteiger partial charge on any atom is 0.270 e. The van der Waals surface area contributed by atoms with Gasteiger partial charge in [0, 0.05) is 18.7 Å². The molecule has 166 valence electrons. The van der Waals surface area contributed by atoms with Crippen LogP contribution in [0.1, 0.15) is 35.3 Å². The van der Waals surface area contributed by atoms with Crippen LogP contribution in [0.15, 0.2) is 42.1 Å².